The highest BCUT2D eigenvalue weighted by molar-refractivity contribution is 5.35. The number of hydrogen-bond acceptors (Lipinski definition) is 2. The first-order chi connectivity index (χ1) is 5.13. The Kier molecular flexibility index (Phi) is 2.27. The van der Waals surface area contributed by atoms with Gasteiger partial charge in [-0.1, -0.05) is 18.2 Å². The SMILES string of the molecule is Cc1cccc(C)c1C(N)N. The van der Waals surface area contributed by atoms with Crippen LogP contribution in [0.15, 0.2) is 18.2 Å². The van der Waals surface area contributed by atoms with E-state index >= 15 is 0 Å². The summed E-state index contributed by atoms with van der Waals surface area (Å²) in [6, 6.07) is 6.06. The molecule has 0 fully saturated rings. The Balaban J connectivity index is 3.21. The highest BCUT2D eigenvalue weighted by atomic mass is 14.8. The largest absolute Gasteiger partial charge is 0.312 e. The van der Waals surface area contributed by atoms with Crippen LogP contribution in [0.5, 0.6) is 0 Å². The van der Waals surface area contributed by atoms with Crippen molar-refractivity contribution in [1.82, 2.24) is 0 Å². The van der Waals surface area contributed by atoms with E-state index < -0.39 is 0 Å². The van der Waals surface area contributed by atoms with E-state index in [0.29, 0.717) is 0 Å². The summed E-state index contributed by atoms with van der Waals surface area (Å²) in [5, 5.41) is 0. The van der Waals surface area contributed by atoms with E-state index in [4.69, 9.17) is 11.5 Å². The Bertz CT molecular complexity index is 233. The summed E-state index contributed by atoms with van der Waals surface area (Å²) >= 11 is 0. The van der Waals surface area contributed by atoms with Crippen LogP contribution in [0.3, 0.4) is 0 Å². The minimum absolute atomic E-state index is 0.351. The van der Waals surface area contributed by atoms with E-state index in [1.165, 1.54) is 11.1 Å². The van der Waals surface area contributed by atoms with Crippen LogP contribution < -0.4 is 11.5 Å². The van der Waals surface area contributed by atoms with Gasteiger partial charge >= 0.3 is 0 Å². The van der Waals surface area contributed by atoms with Crippen molar-refractivity contribution in [2.24, 2.45) is 11.5 Å². The molecule has 0 bridgehead atoms. The molecule has 11 heavy (non-hydrogen) atoms. The first-order valence-electron chi connectivity index (χ1n) is 3.70. The lowest BCUT2D eigenvalue weighted by atomic mass is 10.0. The summed E-state index contributed by atoms with van der Waals surface area (Å²) in [6.07, 6.45) is -0.351. The minimum Gasteiger partial charge on any atom is -0.312 e. The smallest absolute Gasteiger partial charge is 0.0789 e. The molecule has 0 unspecified atom stereocenters. The Labute approximate surface area is 67.2 Å². The molecule has 0 spiro atoms. The van der Waals surface area contributed by atoms with Crippen LogP contribution in [-0.4, -0.2) is 0 Å². The molecule has 0 aliphatic carbocycles. The number of benzene rings is 1. The van der Waals surface area contributed by atoms with Gasteiger partial charge in [0.1, 0.15) is 0 Å². The molecule has 0 saturated carbocycles. The topological polar surface area (TPSA) is 52.0 Å². The molecule has 1 aromatic carbocycles. The summed E-state index contributed by atoms with van der Waals surface area (Å²) in [5.74, 6) is 0. The predicted octanol–water partition coefficient (Wildman–Crippen LogP) is 1.22. The zero-order valence-corrected chi connectivity index (χ0v) is 6.96. The number of aryl methyl sites for hydroxylation is 2. The lowest BCUT2D eigenvalue weighted by Crippen LogP contribution is -2.22. The van der Waals surface area contributed by atoms with Gasteiger partial charge in [-0.15, -0.1) is 0 Å². The lowest BCUT2D eigenvalue weighted by molar-refractivity contribution is 0.760. The Morgan fingerprint density at radius 3 is 1.82 bits per heavy atom. The molecule has 0 aliphatic rings. The van der Waals surface area contributed by atoms with Crippen LogP contribution in [0.2, 0.25) is 0 Å². The number of nitrogens with two attached hydrogens (primary N) is 2. The zero-order chi connectivity index (χ0) is 8.43. The molecule has 2 heteroatoms. The Morgan fingerprint density at radius 1 is 1.09 bits per heavy atom. The third kappa shape index (κ3) is 1.59. The number of rotatable bonds is 1. The van der Waals surface area contributed by atoms with Gasteiger partial charge in [0.15, 0.2) is 0 Å². The summed E-state index contributed by atoms with van der Waals surface area (Å²) in [4.78, 5) is 0. The van der Waals surface area contributed by atoms with Crippen LogP contribution in [0, 0.1) is 13.8 Å². The average Bonchev–Trinajstić information content (AvgIpc) is 1.85. The van der Waals surface area contributed by atoms with Gasteiger partial charge in [-0.3, -0.25) is 0 Å². The molecule has 0 amide bonds. The Morgan fingerprint density at radius 2 is 1.55 bits per heavy atom. The quantitative estimate of drug-likeness (QED) is 0.591. The average molecular weight is 150 g/mol. The third-order valence-electron chi connectivity index (χ3n) is 1.88. The van der Waals surface area contributed by atoms with Gasteiger partial charge in [0, 0.05) is 0 Å². The lowest BCUT2D eigenvalue weighted by Gasteiger charge is -2.12. The monoisotopic (exact) mass is 150 g/mol. The fourth-order valence-electron chi connectivity index (χ4n) is 1.35. The molecule has 0 atom stereocenters. The van der Waals surface area contributed by atoms with Crippen molar-refractivity contribution in [3.63, 3.8) is 0 Å². The van der Waals surface area contributed by atoms with E-state index in [1.54, 1.807) is 0 Å². The standard InChI is InChI=1S/C9H14N2/c1-6-4-3-5-7(2)8(6)9(10)11/h3-5,9H,10-11H2,1-2H3. The maximum Gasteiger partial charge on any atom is 0.0789 e. The second-order valence-corrected chi connectivity index (χ2v) is 2.83. The third-order valence-corrected chi connectivity index (χ3v) is 1.88. The van der Waals surface area contributed by atoms with E-state index in [0.717, 1.165) is 5.56 Å². The molecule has 0 saturated heterocycles. The molecule has 1 aromatic rings. The van der Waals surface area contributed by atoms with Gasteiger partial charge in [-0.05, 0) is 30.5 Å². The summed E-state index contributed by atoms with van der Waals surface area (Å²) < 4.78 is 0. The summed E-state index contributed by atoms with van der Waals surface area (Å²) in [6.45, 7) is 4.05. The summed E-state index contributed by atoms with van der Waals surface area (Å²) in [7, 11) is 0. The van der Waals surface area contributed by atoms with Crippen LogP contribution in [0.25, 0.3) is 0 Å². The Hall–Kier alpha value is -0.860. The van der Waals surface area contributed by atoms with Crippen LogP contribution in [-0.2, 0) is 0 Å². The molecule has 4 N–H and O–H groups in total. The first kappa shape index (κ1) is 8.24. The molecule has 2 nitrogen and oxygen atoms in total. The second-order valence-electron chi connectivity index (χ2n) is 2.83. The molecule has 0 heterocycles. The highest BCUT2D eigenvalue weighted by Crippen LogP contribution is 2.16. The second kappa shape index (κ2) is 3.03. The molecule has 60 valence electrons. The van der Waals surface area contributed by atoms with E-state index in [1.807, 2.05) is 32.0 Å². The van der Waals surface area contributed by atoms with Gasteiger partial charge in [-0.25, -0.2) is 0 Å². The maximum absolute atomic E-state index is 5.59. The summed E-state index contributed by atoms with van der Waals surface area (Å²) in [5.41, 5.74) is 14.6. The predicted molar refractivity (Wildman–Crippen MR) is 47.0 cm³/mol. The van der Waals surface area contributed by atoms with Crippen molar-refractivity contribution >= 4 is 0 Å². The molecule has 1 rings (SSSR count). The maximum atomic E-state index is 5.59. The van der Waals surface area contributed by atoms with Gasteiger partial charge in [-0.2, -0.15) is 0 Å². The van der Waals surface area contributed by atoms with Crippen molar-refractivity contribution < 1.29 is 0 Å². The molecule has 0 aliphatic heterocycles. The molecular formula is C9H14N2. The van der Waals surface area contributed by atoms with Crippen molar-refractivity contribution in [2.45, 2.75) is 20.0 Å². The number of hydrogen-bond donors (Lipinski definition) is 2. The van der Waals surface area contributed by atoms with Crippen LogP contribution in [0.4, 0.5) is 0 Å². The van der Waals surface area contributed by atoms with Gasteiger partial charge < -0.3 is 11.5 Å². The van der Waals surface area contributed by atoms with Crippen molar-refractivity contribution in [1.29, 1.82) is 0 Å². The fraction of sp³-hybridized carbons (Fsp3) is 0.333. The van der Waals surface area contributed by atoms with Gasteiger partial charge in [0.2, 0.25) is 0 Å². The highest BCUT2D eigenvalue weighted by Gasteiger charge is 2.05. The van der Waals surface area contributed by atoms with Crippen molar-refractivity contribution in [3.8, 4) is 0 Å². The van der Waals surface area contributed by atoms with Crippen LogP contribution >= 0.6 is 0 Å². The van der Waals surface area contributed by atoms with Gasteiger partial charge in [0.25, 0.3) is 0 Å². The van der Waals surface area contributed by atoms with E-state index in [-0.39, 0.29) is 6.17 Å². The normalized spacial score (nSPS) is 10.6. The fourth-order valence-corrected chi connectivity index (χ4v) is 1.35. The zero-order valence-electron chi connectivity index (χ0n) is 6.96. The minimum atomic E-state index is -0.351. The van der Waals surface area contributed by atoms with E-state index in [9.17, 15) is 0 Å². The van der Waals surface area contributed by atoms with Crippen LogP contribution in [0.1, 0.15) is 22.9 Å². The van der Waals surface area contributed by atoms with Gasteiger partial charge in [0.05, 0.1) is 6.17 Å². The van der Waals surface area contributed by atoms with E-state index in [2.05, 4.69) is 0 Å². The first-order valence-corrected chi connectivity index (χ1v) is 3.70. The molecular weight excluding hydrogens is 136 g/mol. The van der Waals surface area contributed by atoms with Crippen molar-refractivity contribution in [2.75, 3.05) is 0 Å². The molecule has 0 aromatic heterocycles. The molecule has 0 radical (unpaired) electrons. The van der Waals surface area contributed by atoms with Crippen molar-refractivity contribution in [3.05, 3.63) is 34.9 Å².